The molecule has 0 spiro atoms. The van der Waals surface area contributed by atoms with E-state index in [4.69, 9.17) is 5.11 Å². The summed E-state index contributed by atoms with van der Waals surface area (Å²) in [6, 6.07) is 6.36. The summed E-state index contributed by atoms with van der Waals surface area (Å²) in [7, 11) is 0. The molecule has 1 amide bonds. The number of hydrogen-bond acceptors (Lipinski definition) is 4. The number of nitrogens with one attached hydrogen (secondary N) is 3. The zero-order valence-electron chi connectivity index (χ0n) is 10.9. The quantitative estimate of drug-likeness (QED) is 0.650. The summed E-state index contributed by atoms with van der Waals surface area (Å²) in [6.45, 7) is 0. The summed E-state index contributed by atoms with van der Waals surface area (Å²) in [5.74, 6) is -0.456. The van der Waals surface area contributed by atoms with Crippen molar-refractivity contribution in [3.8, 4) is 0 Å². The number of carbonyl (C=O) groups is 2. The molecule has 6 heteroatoms. The summed E-state index contributed by atoms with van der Waals surface area (Å²) in [5.41, 5.74) is 6.93. The highest BCUT2D eigenvalue weighted by Crippen LogP contribution is 2.35. The minimum atomic E-state index is -0.995. The number of hydrazine groups is 1. The van der Waals surface area contributed by atoms with E-state index in [0.717, 1.165) is 12.3 Å². The first kappa shape index (κ1) is 13.1. The van der Waals surface area contributed by atoms with Gasteiger partial charge < -0.3 is 10.4 Å². The Labute approximate surface area is 116 Å². The first-order chi connectivity index (χ1) is 9.63. The van der Waals surface area contributed by atoms with Gasteiger partial charge in [-0.05, 0) is 49.4 Å². The van der Waals surface area contributed by atoms with Crippen LogP contribution in [-0.2, 0) is 0 Å². The van der Waals surface area contributed by atoms with Gasteiger partial charge >= 0.3 is 5.97 Å². The molecule has 1 aromatic carbocycles. The molecule has 0 aromatic heterocycles. The monoisotopic (exact) mass is 275 g/mol. The van der Waals surface area contributed by atoms with E-state index >= 15 is 0 Å². The Morgan fingerprint density at radius 1 is 1.10 bits per heavy atom. The topological polar surface area (TPSA) is 90.5 Å². The maximum atomic E-state index is 12.0. The highest BCUT2D eigenvalue weighted by atomic mass is 16.4. The minimum absolute atomic E-state index is 0.0766. The molecule has 106 valence electrons. The van der Waals surface area contributed by atoms with Crippen LogP contribution < -0.4 is 16.2 Å². The molecule has 0 radical (unpaired) electrons. The van der Waals surface area contributed by atoms with Crippen LogP contribution in [0.2, 0.25) is 0 Å². The van der Waals surface area contributed by atoms with E-state index in [1.165, 1.54) is 37.1 Å². The molecule has 3 rings (SSSR count). The highest BCUT2D eigenvalue weighted by Gasteiger charge is 2.36. The van der Waals surface area contributed by atoms with E-state index in [1.807, 2.05) is 0 Å². The number of benzene rings is 1. The number of rotatable bonds is 4. The molecule has 6 nitrogen and oxygen atoms in total. The molecular weight excluding hydrogens is 258 g/mol. The van der Waals surface area contributed by atoms with Gasteiger partial charge in [-0.2, -0.15) is 0 Å². The Balaban J connectivity index is 1.57. The number of carbonyl (C=O) groups excluding carboxylic acids is 1. The second-order valence-electron chi connectivity index (χ2n) is 5.38. The third-order valence-corrected chi connectivity index (χ3v) is 3.82. The van der Waals surface area contributed by atoms with Gasteiger partial charge in [0.15, 0.2) is 0 Å². The average Bonchev–Trinajstić information content (AvgIpc) is 3.20. The lowest BCUT2D eigenvalue weighted by Gasteiger charge is -2.12. The number of carboxylic acid groups (broad SMARTS) is 1. The van der Waals surface area contributed by atoms with Gasteiger partial charge in [0, 0.05) is 11.6 Å². The summed E-state index contributed by atoms with van der Waals surface area (Å²) >= 11 is 0. The van der Waals surface area contributed by atoms with Crippen LogP contribution in [-0.4, -0.2) is 29.2 Å². The lowest BCUT2D eigenvalue weighted by molar-refractivity contribution is 0.0696. The molecule has 0 bridgehead atoms. The van der Waals surface area contributed by atoms with Crippen molar-refractivity contribution in [2.45, 2.75) is 31.5 Å². The van der Waals surface area contributed by atoms with Gasteiger partial charge in [0.2, 0.25) is 0 Å². The van der Waals surface area contributed by atoms with E-state index in [-0.39, 0.29) is 17.6 Å². The first-order valence-electron chi connectivity index (χ1n) is 6.79. The van der Waals surface area contributed by atoms with E-state index in [0.29, 0.717) is 11.6 Å². The molecule has 1 saturated carbocycles. The minimum Gasteiger partial charge on any atom is -0.478 e. The van der Waals surface area contributed by atoms with Crippen molar-refractivity contribution in [3.63, 3.8) is 0 Å². The van der Waals surface area contributed by atoms with Crippen LogP contribution in [0.1, 0.15) is 40.0 Å². The highest BCUT2D eigenvalue weighted by molar-refractivity contribution is 5.96. The van der Waals surface area contributed by atoms with Gasteiger partial charge in [0.05, 0.1) is 11.7 Å². The molecule has 2 aliphatic rings. The second kappa shape index (κ2) is 5.22. The summed E-state index contributed by atoms with van der Waals surface area (Å²) < 4.78 is 0. The maximum Gasteiger partial charge on any atom is 0.335 e. The predicted octanol–water partition coefficient (Wildman–Crippen LogP) is 0.717. The molecule has 1 heterocycles. The Morgan fingerprint density at radius 3 is 2.35 bits per heavy atom. The van der Waals surface area contributed by atoms with Gasteiger partial charge in [0.1, 0.15) is 0 Å². The number of amides is 1. The lowest BCUT2D eigenvalue weighted by Crippen LogP contribution is -2.44. The van der Waals surface area contributed by atoms with Crippen LogP contribution in [0.25, 0.3) is 0 Å². The Kier molecular flexibility index (Phi) is 3.42. The van der Waals surface area contributed by atoms with E-state index in [2.05, 4.69) is 16.2 Å². The zero-order chi connectivity index (χ0) is 14.1. The van der Waals surface area contributed by atoms with Crippen molar-refractivity contribution in [3.05, 3.63) is 35.4 Å². The van der Waals surface area contributed by atoms with Crippen LogP contribution >= 0.6 is 0 Å². The first-order valence-corrected chi connectivity index (χ1v) is 6.79. The van der Waals surface area contributed by atoms with E-state index in [9.17, 15) is 9.59 Å². The van der Waals surface area contributed by atoms with Crippen LogP contribution in [0, 0.1) is 5.92 Å². The lowest BCUT2D eigenvalue weighted by atomic mass is 10.1. The van der Waals surface area contributed by atoms with Crippen LogP contribution in [0.4, 0.5) is 0 Å². The maximum absolute atomic E-state index is 12.0. The fourth-order valence-corrected chi connectivity index (χ4v) is 2.49. The van der Waals surface area contributed by atoms with Crippen molar-refractivity contribution >= 4 is 11.9 Å². The molecule has 4 N–H and O–H groups in total. The van der Waals surface area contributed by atoms with E-state index in [1.54, 1.807) is 0 Å². The Morgan fingerprint density at radius 2 is 1.75 bits per heavy atom. The third kappa shape index (κ3) is 2.81. The van der Waals surface area contributed by atoms with E-state index < -0.39 is 5.97 Å². The van der Waals surface area contributed by atoms with Crippen LogP contribution in [0.5, 0.6) is 0 Å². The molecule has 20 heavy (non-hydrogen) atoms. The SMILES string of the molecule is O=C(O)c1ccc(C(=O)NC2CC(C3CC3)NN2)cc1. The van der Waals surface area contributed by atoms with Gasteiger partial charge in [-0.25, -0.2) is 10.2 Å². The molecular formula is C14H17N3O3. The number of aromatic carboxylic acids is 1. The number of carboxylic acids is 1. The molecule has 1 aliphatic carbocycles. The fraction of sp³-hybridized carbons (Fsp3) is 0.429. The standard InChI is InChI=1S/C14H17N3O3/c18-13(9-3-5-10(6-4-9)14(19)20)15-12-7-11(16-17-12)8-1-2-8/h3-6,8,11-12,16-17H,1-2,7H2,(H,15,18)(H,19,20). The van der Waals surface area contributed by atoms with Gasteiger partial charge in [-0.3, -0.25) is 10.2 Å². The molecule has 2 unspecified atom stereocenters. The fourth-order valence-electron chi connectivity index (χ4n) is 2.49. The zero-order valence-corrected chi connectivity index (χ0v) is 10.9. The van der Waals surface area contributed by atoms with Crippen molar-refractivity contribution in [2.75, 3.05) is 0 Å². The Hall–Kier alpha value is -1.92. The summed E-state index contributed by atoms with van der Waals surface area (Å²) in [6.07, 6.45) is 3.32. The van der Waals surface area contributed by atoms with Gasteiger partial charge in [-0.1, -0.05) is 0 Å². The molecule has 1 aromatic rings. The molecule has 2 fully saturated rings. The largest absolute Gasteiger partial charge is 0.478 e. The molecule has 1 aliphatic heterocycles. The van der Waals surface area contributed by atoms with Crippen molar-refractivity contribution in [1.29, 1.82) is 0 Å². The summed E-state index contributed by atoms with van der Waals surface area (Å²) in [4.78, 5) is 22.8. The van der Waals surface area contributed by atoms with Gasteiger partial charge in [0.25, 0.3) is 5.91 Å². The molecule has 1 saturated heterocycles. The third-order valence-electron chi connectivity index (χ3n) is 3.82. The Bertz CT molecular complexity index is 525. The molecule has 2 atom stereocenters. The summed E-state index contributed by atoms with van der Waals surface area (Å²) in [5, 5.41) is 11.7. The van der Waals surface area contributed by atoms with Crippen LogP contribution in [0.3, 0.4) is 0 Å². The van der Waals surface area contributed by atoms with Crippen molar-refractivity contribution in [1.82, 2.24) is 16.2 Å². The van der Waals surface area contributed by atoms with Crippen molar-refractivity contribution in [2.24, 2.45) is 5.92 Å². The second-order valence-corrected chi connectivity index (χ2v) is 5.38. The van der Waals surface area contributed by atoms with Gasteiger partial charge in [-0.15, -0.1) is 0 Å². The smallest absolute Gasteiger partial charge is 0.335 e. The normalized spacial score (nSPS) is 25.4. The predicted molar refractivity (Wildman–Crippen MR) is 72.1 cm³/mol. The number of hydrogen-bond donors (Lipinski definition) is 4. The average molecular weight is 275 g/mol. The van der Waals surface area contributed by atoms with Crippen molar-refractivity contribution < 1.29 is 14.7 Å². The van der Waals surface area contributed by atoms with Crippen LogP contribution in [0.15, 0.2) is 24.3 Å².